The summed E-state index contributed by atoms with van der Waals surface area (Å²) < 4.78 is 5.41. The van der Waals surface area contributed by atoms with Gasteiger partial charge in [0.1, 0.15) is 5.01 Å². The molecule has 1 aliphatic heterocycles. The number of thiazole rings is 1. The molecule has 0 bridgehead atoms. The maximum atomic E-state index is 12.5. The van der Waals surface area contributed by atoms with Gasteiger partial charge in [-0.1, -0.05) is 42.5 Å². The zero-order valence-corrected chi connectivity index (χ0v) is 17.3. The molecule has 29 heavy (non-hydrogen) atoms. The van der Waals surface area contributed by atoms with Crippen LogP contribution in [0.15, 0.2) is 60.0 Å². The molecule has 3 aromatic rings. The van der Waals surface area contributed by atoms with E-state index < -0.39 is 0 Å². The third-order valence-corrected chi connectivity index (χ3v) is 6.00. The first kappa shape index (κ1) is 19.6. The van der Waals surface area contributed by atoms with E-state index in [0.717, 1.165) is 48.1 Å². The molecule has 4 rings (SSSR count). The van der Waals surface area contributed by atoms with Gasteiger partial charge in [-0.2, -0.15) is 0 Å². The lowest BCUT2D eigenvalue weighted by Gasteiger charge is -2.29. The summed E-state index contributed by atoms with van der Waals surface area (Å²) >= 11 is 1.57. The number of anilines is 1. The molecule has 2 heterocycles. The van der Waals surface area contributed by atoms with Crippen molar-refractivity contribution >= 4 is 22.9 Å². The van der Waals surface area contributed by atoms with Crippen LogP contribution in [0.3, 0.4) is 0 Å². The molecular weight excluding hydrogens is 382 g/mol. The topological polar surface area (TPSA) is 54.5 Å². The van der Waals surface area contributed by atoms with Crippen LogP contribution in [0, 0.1) is 0 Å². The van der Waals surface area contributed by atoms with E-state index in [1.807, 2.05) is 42.6 Å². The molecule has 150 valence electrons. The summed E-state index contributed by atoms with van der Waals surface area (Å²) in [5, 5.41) is 5.99. The molecule has 1 aliphatic rings. The zero-order valence-electron chi connectivity index (χ0n) is 16.5. The highest BCUT2D eigenvalue weighted by atomic mass is 32.1. The van der Waals surface area contributed by atoms with Crippen molar-refractivity contribution in [1.29, 1.82) is 0 Å². The quantitative estimate of drug-likeness (QED) is 0.669. The van der Waals surface area contributed by atoms with Crippen molar-refractivity contribution in [3.8, 4) is 10.6 Å². The highest BCUT2D eigenvalue weighted by molar-refractivity contribution is 7.13. The molecular formula is C23H25N3O2S. The predicted octanol–water partition coefficient (Wildman–Crippen LogP) is 4.07. The van der Waals surface area contributed by atoms with Crippen molar-refractivity contribution in [2.75, 3.05) is 31.2 Å². The minimum atomic E-state index is -0.0477. The number of amides is 1. The van der Waals surface area contributed by atoms with Crippen LogP contribution in [0.5, 0.6) is 0 Å². The summed E-state index contributed by atoms with van der Waals surface area (Å²) in [6, 6.07) is 18.4. The third-order valence-electron chi connectivity index (χ3n) is 5.06. The Morgan fingerprint density at radius 3 is 2.59 bits per heavy atom. The van der Waals surface area contributed by atoms with Crippen molar-refractivity contribution in [3.05, 3.63) is 71.2 Å². The summed E-state index contributed by atoms with van der Waals surface area (Å²) in [5.41, 5.74) is 4.18. The van der Waals surface area contributed by atoms with Crippen molar-refractivity contribution < 1.29 is 9.53 Å². The summed E-state index contributed by atoms with van der Waals surface area (Å²) in [6.07, 6.45) is 0.291. The van der Waals surface area contributed by atoms with Gasteiger partial charge in [-0.3, -0.25) is 4.79 Å². The number of rotatable bonds is 6. The second-order valence-corrected chi connectivity index (χ2v) is 8.03. The lowest BCUT2D eigenvalue weighted by atomic mass is 10.1. The maximum absolute atomic E-state index is 12.5. The van der Waals surface area contributed by atoms with E-state index in [9.17, 15) is 4.79 Å². The van der Waals surface area contributed by atoms with E-state index in [2.05, 4.69) is 39.5 Å². The van der Waals surface area contributed by atoms with E-state index in [0.29, 0.717) is 6.42 Å². The number of carbonyl (C=O) groups excluding carboxylic acids is 1. The maximum Gasteiger partial charge on any atom is 0.226 e. The van der Waals surface area contributed by atoms with Crippen molar-refractivity contribution in [3.63, 3.8) is 0 Å². The number of carbonyl (C=O) groups is 1. The van der Waals surface area contributed by atoms with Crippen LogP contribution in [0.4, 0.5) is 5.69 Å². The van der Waals surface area contributed by atoms with Gasteiger partial charge in [-0.25, -0.2) is 4.98 Å². The van der Waals surface area contributed by atoms with Crippen molar-refractivity contribution in [2.45, 2.75) is 19.4 Å². The molecule has 1 N–H and O–H groups in total. The highest BCUT2D eigenvalue weighted by Gasteiger charge is 2.14. The molecule has 1 aromatic heterocycles. The van der Waals surface area contributed by atoms with Crippen LogP contribution >= 0.6 is 11.3 Å². The van der Waals surface area contributed by atoms with Gasteiger partial charge in [0.05, 0.1) is 31.4 Å². The molecule has 1 atom stereocenters. The van der Waals surface area contributed by atoms with Crippen LogP contribution in [-0.2, 0) is 16.0 Å². The fourth-order valence-electron chi connectivity index (χ4n) is 3.44. The number of nitrogens with one attached hydrogen (secondary N) is 1. The van der Waals surface area contributed by atoms with Crippen LogP contribution < -0.4 is 10.2 Å². The van der Waals surface area contributed by atoms with E-state index >= 15 is 0 Å². The molecule has 2 aromatic carbocycles. The van der Waals surface area contributed by atoms with Gasteiger partial charge in [0.15, 0.2) is 0 Å². The molecule has 5 nitrogen and oxygen atoms in total. The molecule has 1 fully saturated rings. The van der Waals surface area contributed by atoms with Gasteiger partial charge in [0.2, 0.25) is 5.91 Å². The van der Waals surface area contributed by atoms with Crippen LogP contribution in [0.2, 0.25) is 0 Å². The first-order valence-electron chi connectivity index (χ1n) is 9.91. The average Bonchev–Trinajstić information content (AvgIpc) is 3.23. The van der Waals surface area contributed by atoms with Gasteiger partial charge < -0.3 is 15.0 Å². The number of hydrogen-bond acceptors (Lipinski definition) is 5. The van der Waals surface area contributed by atoms with E-state index in [4.69, 9.17) is 4.74 Å². The summed E-state index contributed by atoms with van der Waals surface area (Å²) in [4.78, 5) is 19.4. The Hall–Kier alpha value is -2.70. The van der Waals surface area contributed by atoms with Crippen molar-refractivity contribution in [2.24, 2.45) is 0 Å². The Bertz CT molecular complexity index is 934. The average molecular weight is 408 g/mol. The lowest BCUT2D eigenvalue weighted by molar-refractivity contribution is -0.121. The molecule has 1 amide bonds. The SMILES string of the molecule is C[C@@H](NC(=O)Cc1csc(-c2ccccc2)n1)c1ccc(N2CCOCC2)cc1. The van der Waals surface area contributed by atoms with Crippen LogP contribution in [0.1, 0.15) is 24.2 Å². The van der Waals surface area contributed by atoms with Gasteiger partial charge in [0.25, 0.3) is 0 Å². The molecule has 0 radical (unpaired) electrons. The number of morpholine rings is 1. The van der Waals surface area contributed by atoms with E-state index in [-0.39, 0.29) is 11.9 Å². The molecule has 0 aliphatic carbocycles. The summed E-state index contributed by atoms with van der Waals surface area (Å²) in [7, 11) is 0. The fourth-order valence-corrected chi connectivity index (χ4v) is 4.26. The number of nitrogens with zero attached hydrogens (tertiary/aromatic N) is 2. The molecule has 0 saturated carbocycles. The number of benzene rings is 2. The smallest absolute Gasteiger partial charge is 0.226 e. The van der Waals surface area contributed by atoms with E-state index in [1.54, 1.807) is 11.3 Å². The third kappa shape index (κ3) is 5.02. The van der Waals surface area contributed by atoms with Crippen LogP contribution in [-0.4, -0.2) is 37.2 Å². The number of aromatic nitrogens is 1. The van der Waals surface area contributed by atoms with Gasteiger partial charge in [0, 0.05) is 29.7 Å². The second kappa shape index (κ2) is 9.20. The molecule has 1 saturated heterocycles. The van der Waals surface area contributed by atoms with Gasteiger partial charge in [-0.05, 0) is 24.6 Å². The number of hydrogen-bond donors (Lipinski definition) is 1. The van der Waals surface area contributed by atoms with Gasteiger partial charge in [-0.15, -0.1) is 11.3 Å². The molecule has 0 spiro atoms. The summed E-state index contributed by atoms with van der Waals surface area (Å²) in [6.45, 7) is 5.40. The Balaban J connectivity index is 1.33. The van der Waals surface area contributed by atoms with Crippen molar-refractivity contribution in [1.82, 2.24) is 10.3 Å². The Morgan fingerprint density at radius 1 is 1.14 bits per heavy atom. The minimum absolute atomic E-state index is 0.0142. The fraction of sp³-hybridized carbons (Fsp3) is 0.304. The first-order valence-corrected chi connectivity index (χ1v) is 10.8. The normalized spacial score (nSPS) is 15.1. The van der Waals surface area contributed by atoms with E-state index in [1.165, 1.54) is 5.69 Å². The Morgan fingerprint density at radius 2 is 1.86 bits per heavy atom. The van der Waals surface area contributed by atoms with Gasteiger partial charge >= 0.3 is 0 Å². The standard InChI is InChI=1S/C23H25N3O2S/c1-17(18-7-9-21(10-8-18)26-11-13-28-14-12-26)24-22(27)15-20-16-29-23(25-20)19-5-3-2-4-6-19/h2-10,16-17H,11-15H2,1H3,(H,24,27)/t17-/m1/s1. The molecule has 0 unspecified atom stereocenters. The molecule has 6 heteroatoms. The summed E-state index contributed by atoms with van der Waals surface area (Å²) in [5.74, 6) is -0.0142. The number of ether oxygens (including phenoxy) is 1. The Kier molecular flexibility index (Phi) is 6.22. The second-order valence-electron chi connectivity index (χ2n) is 7.17. The first-order chi connectivity index (χ1) is 14.2. The lowest BCUT2D eigenvalue weighted by Crippen LogP contribution is -2.36. The predicted molar refractivity (Wildman–Crippen MR) is 117 cm³/mol. The monoisotopic (exact) mass is 407 g/mol. The van der Waals surface area contributed by atoms with Crippen LogP contribution in [0.25, 0.3) is 10.6 Å². The highest BCUT2D eigenvalue weighted by Crippen LogP contribution is 2.24. The zero-order chi connectivity index (χ0) is 20.1. The minimum Gasteiger partial charge on any atom is -0.378 e. The Labute approximate surface area is 175 Å². The largest absolute Gasteiger partial charge is 0.378 e.